The summed E-state index contributed by atoms with van der Waals surface area (Å²) in [6.45, 7) is 3.58. The molecule has 0 saturated heterocycles. The third kappa shape index (κ3) is 3.38. The third-order valence-corrected chi connectivity index (χ3v) is 4.42. The van der Waals surface area contributed by atoms with Gasteiger partial charge in [0.15, 0.2) is 0 Å². The number of amides is 1. The quantitative estimate of drug-likeness (QED) is 0.730. The number of nitrogens with one attached hydrogen (secondary N) is 1. The Hall–Kier alpha value is -2.37. The number of anilines is 1. The Bertz CT molecular complexity index is 975. The number of hydrogen-bond donors (Lipinski definition) is 1. The number of fused-ring (bicyclic) bond motifs is 1. The number of para-hydroxylation sites is 1. The second-order valence-corrected chi connectivity index (χ2v) is 6.49. The summed E-state index contributed by atoms with van der Waals surface area (Å²) in [6.07, 6.45) is 0. The van der Waals surface area contributed by atoms with Gasteiger partial charge in [0.05, 0.1) is 33.4 Å². The molecule has 1 N–H and O–H groups in total. The maximum absolute atomic E-state index is 12.6. The first-order valence-corrected chi connectivity index (χ1v) is 8.34. The molecule has 0 fully saturated rings. The summed E-state index contributed by atoms with van der Waals surface area (Å²) >= 11 is 12.2. The monoisotopic (exact) mass is 375 g/mol. The number of halogens is 2. The zero-order valence-corrected chi connectivity index (χ0v) is 15.1. The third-order valence-electron chi connectivity index (χ3n) is 3.79. The largest absolute Gasteiger partial charge is 0.321 e. The summed E-state index contributed by atoms with van der Waals surface area (Å²) in [5.41, 5.74) is 2.13. The number of benzene rings is 2. The topological polar surface area (TPSA) is 64.0 Å². The molecule has 0 saturated carbocycles. The van der Waals surface area contributed by atoms with Gasteiger partial charge in [0, 0.05) is 0 Å². The minimum Gasteiger partial charge on any atom is -0.321 e. The lowest BCUT2D eigenvalue weighted by atomic mass is 10.2. The maximum atomic E-state index is 12.6. The van der Waals surface area contributed by atoms with Crippen molar-refractivity contribution in [3.8, 4) is 0 Å². The molecule has 3 rings (SSSR count). The van der Waals surface area contributed by atoms with E-state index in [1.54, 1.807) is 30.3 Å². The molecule has 0 atom stereocenters. The highest BCUT2D eigenvalue weighted by molar-refractivity contribution is 6.40. The molecule has 0 aliphatic rings. The van der Waals surface area contributed by atoms with Gasteiger partial charge >= 0.3 is 0 Å². The van der Waals surface area contributed by atoms with E-state index < -0.39 is 5.91 Å². The van der Waals surface area contributed by atoms with Gasteiger partial charge in [0.1, 0.15) is 17.1 Å². The first-order chi connectivity index (χ1) is 11.9. The fourth-order valence-corrected chi connectivity index (χ4v) is 3.25. The molecule has 0 unspecified atom stereocenters. The van der Waals surface area contributed by atoms with E-state index in [-0.39, 0.29) is 27.9 Å². The van der Waals surface area contributed by atoms with Gasteiger partial charge in [-0.1, -0.05) is 35.3 Å². The van der Waals surface area contributed by atoms with E-state index in [4.69, 9.17) is 23.2 Å². The van der Waals surface area contributed by atoms with Crippen molar-refractivity contribution in [2.75, 3.05) is 5.32 Å². The molecule has 1 amide bonds. The number of ketones is 1. The van der Waals surface area contributed by atoms with Crippen LogP contribution in [0.4, 0.5) is 5.69 Å². The van der Waals surface area contributed by atoms with Crippen LogP contribution in [-0.4, -0.2) is 21.2 Å². The van der Waals surface area contributed by atoms with Crippen LogP contribution in [0.1, 0.15) is 23.1 Å². The fourth-order valence-electron chi connectivity index (χ4n) is 2.69. The molecule has 5 nitrogen and oxygen atoms in total. The number of rotatable bonds is 4. The van der Waals surface area contributed by atoms with E-state index in [1.807, 2.05) is 17.6 Å². The highest BCUT2D eigenvalue weighted by atomic mass is 35.5. The van der Waals surface area contributed by atoms with Gasteiger partial charge in [-0.2, -0.15) is 0 Å². The second-order valence-electron chi connectivity index (χ2n) is 5.67. The molecule has 7 heteroatoms. The van der Waals surface area contributed by atoms with E-state index >= 15 is 0 Å². The summed E-state index contributed by atoms with van der Waals surface area (Å²) < 4.78 is 1.82. The van der Waals surface area contributed by atoms with Crippen LogP contribution in [0.2, 0.25) is 10.0 Å². The number of hydrogen-bond acceptors (Lipinski definition) is 3. The molecule has 0 radical (unpaired) electrons. The van der Waals surface area contributed by atoms with Crippen molar-refractivity contribution in [3.05, 3.63) is 57.8 Å². The normalized spacial score (nSPS) is 10.9. The van der Waals surface area contributed by atoms with Crippen LogP contribution in [0.3, 0.4) is 0 Å². The summed E-state index contributed by atoms with van der Waals surface area (Å²) in [5.74, 6) is 0.309. The van der Waals surface area contributed by atoms with Crippen LogP contribution in [0.15, 0.2) is 36.4 Å². The summed E-state index contributed by atoms with van der Waals surface area (Å²) in [7, 11) is 0. The Morgan fingerprint density at radius 2 is 1.76 bits per heavy atom. The van der Waals surface area contributed by atoms with Crippen LogP contribution in [0.5, 0.6) is 0 Å². The van der Waals surface area contributed by atoms with E-state index in [9.17, 15) is 9.59 Å². The Morgan fingerprint density at radius 3 is 2.40 bits per heavy atom. The van der Waals surface area contributed by atoms with Gasteiger partial charge in [0.25, 0.3) is 5.91 Å². The lowest BCUT2D eigenvalue weighted by Crippen LogP contribution is -2.13. The summed E-state index contributed by atoms with van der Waals surface area (Å²) in [6, 6.07) is 10.3. The SMILES string of the molecule is CC(=O)Cn1c(C)nc2c(NC(=O)c3c(Cl)cccc3Cl)cccc21. The molecule has 0 bridgehead atoms. The molecule has 1 heterocycles. The number of aryl methyl sites for hydroxylation is 1. The van der Waals surface area contributed by atoms with Crippen molar-refractivity contribution in [2.24, 2.45) is 0 Å². The minimum atomic E-state index is -0.415. The molecular formula is C18H15Cl2N3O2. The fraction of sp³-hybridized carbons (Fsp3) is 0.167. The highest BCUT2D eigenvalue weighted by Crippen LogP contribution is 2.28. The number of nitrogens with zero attached hydrogens (tertiary/aromatic N) is 2. The lowest BCUT2D eigenvalue weighted by Gasteiger charge is -2.09. The zero-order valence-electron chi connectivity index (χ0n) is 13.6. The standard InChI is InChI=1S/C18H15Cl2N3O2/c1-10(24)9-23-11(2)21-17-14(7-4-8-15(17)23)22-18(25)16-12(19)5-3-6-13(16)20/h3-8H,9H2,1-2H3,(H,22,25). The van der Waals surface area contributed by atoms with Crippen molar-refractivity contribution >= 4 is 51.6 Å². The molecular weight excluding hydrogens is 361 g/mol. The Morgan fingerprint density at radius 1 is 1.12 bits per heavy atom. The van der Waals surface area contributed by atoms with Crippen molar-refractivity contribution < 1.29 is 9.59 Å². The molecule has 128 valence electrons. The predicted octanol–water partition coefficient (Wildman–Crippen LogP) is 4.49. The lowest BCUT2D eigenvalue weighted by molar-refractivity contribution is -0.117. The number of aromatic nitrogens is 2. The summed E-state index contributed by atoms with van der Waals surface area (Å²) in [5, 5.41) is 3.36. The van der Waals surface area contributed by atoms with Crippen molar-refractivity contribution in [2.45, 2.75) is 20.4 Å². The van der Waals surface area contributed by atoms with Gasteiger partial charge in [0.2, 0.25) is 0 Å². The molecule has 2 aromatic carbocycles. The molecule has 3 aromatic rings. The molecule has 25 heavy (non-hydrogen) atoms. The van der Waals surface area contributed by atoms with Gasteiger partial charge < -0.3 is 9.88 Å². The molecule has 0 spiro atoms. The van der Waals surface area contributed by atoms with E-state index in [1.165, 1.54) is 6.92 Å². The molecule has 0 aliphatic heterocycles. The number of Topliss-reactive ketones (excluding diaryl/α,β-unsaturated/α-hetero) is 1. The van der Waals surface area contributed by atoms with Gasteiger partial charge in [-0.3, -0.25) is 9.59 Å². The first kappa shape index (κ1) is 17.5. The minimum absolute atomic E-state index is 0.0275. The van der Waals surface area contributed by atoms with E-state index in [0.29, 0.717) is 17.0 Å². The molecule has 1 aromatic heterocycles. The van der Waals surface area contributed by atoms with Gasteiger partial charge in [-0.05, 0) is 38.1 Å². The van der Waals surface area contributed by atoms with Crippen LogP contribution < -0.4 is 5.32 Å². The van der Waals surface area contributed by atoms with Crippen LogP contribution in [0.25, 0.3) is 11.0 Å². The van der Waals surface area contributed by atoms with Gasteiger partial charge in [-0.15, -0.1) is 0 Å². The van der Waals surface area contributed by atoms with Gasteiger partial charge in [-0.25, -0.2) is 4.98 Å². The van der Waals surface area contributed by atoms with Crippen LogP contribution in [-0.2, 0) is 11.3 Å². The van der Waals surface area contributed by atoms with Crippen molar-refractivity contribution in [1.29, 1.82) is 0 Å². The molecule has 0 aliphatic carbocycles. The number of imidazole rings is 1. The van der Waals surface area contributed by atoms with E-state index in [0.717, 1.165) is 5.52 Å². The number of carbonyl (C=O) groups excluding carboxylic acids is 2. The predicted molar refractivity (Wildman–Crippen MR) is 99.6 cm³/mol. The zero-order chi connectivity index (χ0) is 18.1. The average Bonchev–Trinajstić information content (AvgIpc) is 2.84. The number of carbonyl (C=O) groups is 2. The second kappa shape index (κ2) is 6.86. The van der Waals surface area contributed by atoms with E-state index in [2.05, 4.69) is 10.3 Å². The van der Waals surface area contributed by atoms with Crippen LogP contribution in [0, 0.1) is 6.92 Å². The average molecular weight is 376 g/mol. The Balaban J connectivity index is 2.02. The van der Waals surface area contributed by atoms with Crippen molar-refractivity contribution in [1.82, 2.24) is 9.55 Å². The van der Waals surface area contributed by atoms with Crippen LogP contribution >= 0.6 is 23.2 Å². The smallest absolute Gasteiger partial charge is 0.258 e. The first-order valence-electron chi connectivity index (χ1n) is 7.59. The highest BCUT2D eigenvalue weighted by Gasteiger charge is 2.18. The summed E-state index contributed by atoms with van der Waals surface area (Å²) in [4.78, 5) is 28.6. The Labute approximate surface area is 154 Å². The van der Waals surface area contributed by atoms with Crippen molar-refractivity contribution in [3.63, 3.8) is 0 Å². The maximum Gasteiger partial charge on any atom is 0.258 e. The Kier molecular flexibility index (Phi) is 4.79.